The highest BCUT2D eigenvalue weighted by atomic mass is 32.2. The summed E-state index contributed by atoms with van der Waals surface area (Å²) in [5.74, 6) is -0.691. The first-order valence-corrected chi connectivity index (χ1v) is 13.2. The van der Waals surface area contributed by atoms with Crippen LogP contribution in [0, 0.1) is 0 Å². The van der Waals surface area contributed by atoms with E-state index in [1.54, 1.807) is 0 Å². The molecule has 0 aliphatic carbocycles. The summed E-state index contributed by atoms with van der Waals surface area (Å²) in [6.07, 6.45) is 1.52. The van der Waals surface area contributed by atoms with E-state index in [0.717, 1.165) is 29.1 Å². The topological polar surface area (TPSA) is 127 Å². The molecule has 1 atom stereocenters. The van der Waals surface area contributed by atoms with Crippen LogP contribution in [0.25, 0.3) is 0 Å². The van der Waals surface area contributed by atoms with E-state index in [9.17, 15) is 22.2 Å². The van der Waals surface area contributed by atoms with Gasteiger partial charge in [-0.3, -0.25) is 9.59 Å². The summed E-state index contributed by atoms with van der Waals surface area (Å²) in [4.78, 5) is 26.5. The number of amides is 2. The summed E-state index contributed by atoms with van der Waals surface area (Å²) in [5.41, 5.74) is 0.0618. The van der Waals surface area contributed by atoms with Gasteiger partial charge in [0.05, 0.1) is 14.6 Å². The van der Waals surface area contributed by atoms with Gasteiger partial charge >= 0.3 is 5.91 Å². The first-order chi connectivity index (χ1) is 12.7. The third kappa shape index (κ3) is 4.78. The molecule has 0 bridgehead atoms. The number of carbonyl (C=O) groups is 2. The number of sulfone groups is 1. The smallest absolute Gasteiger partial charge is 0.306 e. The second kappa shape index (κ2) is 7.73. The fourth-order valence-corrected chi connectivity index (χ4v) is 6.68. The zero-order valence-corrected chi connectivity index (χ0v) is 17.5. The van der Waals surface area contributed by atoms with Crippen LogP contribution in [0.4, 0.5) is 0 Å². The molecule has 0 aromatic carbocycles. The molecular formula is C14H16N4O5S4. The van der Waals surface area contributed by atoms with E-state index in [1.165, 1.54) is 22.4 Å². The molecule has 2 aromatic rings. The maximum atomic E-state index is 12.9. The van der Waals surface area contributed by atoms with E-state index >= 15 is 0 Å². The van der Waals surface area contributed by atoms with Crippen LogP contribution in [0.3, 0.4) is 0 Å². The van der Waals surface area contributed by atoms with Crippen molar-refractivity contribution in [1.82, 2.24) is 14.5 Å². The predicted octanol–water partition coefficient (Wildman–Crippen LogP) is 1.16. The summed E-state index contributed by atoms with van der Waals surface area (Å²) < 4.78 is 43.7. The minimum atomic E-state index is -3.37. The lowest BCUT2D eigenvalue weighted by atomic mass is 10.3. The highest BCUT2D eigenvalue weighted by Gasteiger charge is 2.25. The molecule has 0 spiro atoms. The Balaban J connectivity index is 1.74. The van der Waals surface area contributed by atoms with Crippen molar-refractivity contribution in [2.24, 2.45) is 4.36 Å². The maximum Gasteiger partial charge on any atom is 0.306 e. The van der Waals surface area contributed by atoms with Crippen molar-refractivity contribution in [2.45, 2.75) is 10.6 Å². The largest absolute Gasteiger partial charge is 0.337 e. The Bertz CT molecular complexity index is 1080. The summed E-state index contributed by atoms with van der Waals surface area (Å²) in [6, 6.07) is 2.89. The van der Waals surface area contributed by atoms with Crippen molar-refractivity contribution < 1.29 is 22.2 Å². The van der Waals surface area contributed by atoms with Gasteiger partial charge in [-0.15, -0.1) is 16.4 Å². The molecule has 0 saturated carbocycles. The standard InChI is InChI=1S/C14H16N4O5S4/c1-26(21,22)12-4-3-11(25-12)14(20)18-5-2-7-27(23,8-6-18)16-13(19)10-9-24-17-15-10/h3-4,9H,2,5-8H2,1H3. The third-order valence-corrected chi connectivity index (χ3v) is 9.49. The fourth-order valence-electron chi connectivity index (χ4n) is 2.49. The second-order valence-corrected chi connectivity index (χ2v) is 12.4. The van der Waals surface area contributed by atoms with Crippen molar-refractivity contribution in [3.63, 3.8) is 0 Å². The van der Waals surface area contributed by atoms with Crippen molar-refractivity contribution in [3.05, 3.63) is 28.1 Å². The molecule has 1 saturated heterocycles. The molecule has 1 aliphatic rings. The molecular weight excluding hydrogens is 432 g/mol. The van der Waals surface area contributed by atoms with Crippen LogP contribution < -0.4 is 0 Å². The van der Waals surface area contributed by atoms with E-state index in [0.29, 0.717) is 17.8 Å². The zero-order valence-electron chi connectivity index (χ0n) is 14.2. The number of nitrogens with zero attached hydrogens (tertiary/aromatic N) is 4. The van der Waals surface area contributed by atoms with Gasteiger partial charge in [-0.05, 0) is 30.1 Å². The molecule has 0 N–H and O–H groups in total. The SMILES string of the molecule is CS(=O)(=O)c1ccc(C(=O)N2CCCS(=O)(=NC(=O)c3csnn3)CC2)s1. The Labute approximate surface area is 164 Å². The minimum absolute atomic E-state index is 0.0618. The Morgan fingerprint density at radius 1 is 1.26 bits per heavy atom. The Morgan fingerprint density at radius 3 is 2.67 bits per heavy atom. The molecule has 1 aliphatic heterocycles. The number of hydrogen-bond acceptors (Lipinski definition) is 9. The highest BCUT2D eigenvalue weighted by Crippen LogP contribution is 2.23. The molecule has 3 rings (SSSR count). The Hall–Kier alpha value is -1.70. The molecule has 27 heavy (non-hydrogen) atoms. The Morgan fingerprint density at radius 2 is 2.04 bits per heavy atom. The normalized spacial score (nSPS) is 20.9. The van der Waals surface area contributed by atoms with E-state index in [2.05, 4.69) is 13.9 Å². The van der Waals surface area contributed by atoms with E-state index in [4.69, 9.17) is 0 Å². The number of hydrogen-bond donors (Lipinski definition) is 0. The highest BCUT2D eigenvalue weighted by molar-refractivity contribution is 7.94. The first-order valence-electron chi connectivity index (χ1n) is 7.81. The van der Waals surface area contributed by atoms with Gasteiger partial charge in [-0.2, -0.15) is 4.36 Å². The minimum Gasteiger partial charge on any atom is -0.337 e. The average Bonchev–Trinajstić information content (AvgIpc) is 3.25. The molecule has 0 radical (unpaired) electrons. The summed E-state index contributed by atoms with van der Waals surface area (Å²) >= 11 is 1.92. The third-order valence-electron chi connectivity index (χ3n) is 3.84. The maximum absolute atomic E-state index is 12.9. The van der Waals surface area contributed by atoms with E-state index < -0.39 is 25.5 Å². The molecule has 13 heteroatoms. The van der Waals surface area contributed by atoms with Gasteiger partial charge in [0.25, 0.3) is 5.91 Å². The van der Waals surface area contributed by atoms with Crippen LogP contribution in [-0.2, 0) is 19.6 Å². The predicted molar refractivity (Wildman–Crippen MR) is 102 cm³/mol. The van der Waals surface area contributed by atoms with Gasteiger partial charge in [-0.25, -0.2) is 12.6 Å². The Kier molecular flexibility index (Phi) is 5.74. The van der Waals surface area contributed by atoms with Crippen LogP contribution in [-0.4, -0.2) is 69.8 Å². The van der Waals surface area contributed by atoms with Crippen LogP contribution in [0.15, 0.2) is 26.1 Å². The quantitative estimate of drug-likeness (QED) is 0.689. The van der Waals surface area contributed by atoms with Crippen molar-refractivity contribution in [1.29, 1.82) is 0 Å². The van der Waals surface area contributed by atoms with Crippen LogP contribution in [0.1, 0.15) is 26.6 Å². The number of rotatable bonds is 3. The number of carbonyl (C=O) groups excluding carboxylic acids is 2. The molecule has 2 aromatic heterocycles. The van der Waals surface area contributed by atoms with E-state index in [1.807, 2.05) is 0 Å². The monoisotopic (exact) mass is 448 g/mol. The van der Waals surface area contributed by atoms with Gasteiger partial charge in [0.1, 0.15) is 4.21 Å². The van der Waals surface area contributed by atoms with Crippen molar-refractivity contribution >= 4 is 54.2 Å². The van der Waals surface area contributed by atoms with Crippen LogP contribution >= 0.6 is 22.9 Å². The summed E-state index contributed by atoms with van der Waals surface area (Å²) in [7, 11) is -6.16. The molecule has 146 valence electrons. The first kappa shape index (κ1) is 20.0. The van der Waals surface area contributed by atoms with Gasteiger partial charge < -0.3 is 4.90 Å². The lowest BCUT2D eigenvalue weighted by molar-refractivity contribution is 0.0773. The second-order valence-electron chi connectivity index (χ2n) is 5.90. The lowest BCUT2D eigenvalue weighted by Gasteiger charge is -2.18. The van der Waals surface area contributed by atoms with Crippen LogP contribution in [0.2, 0.25) is 0 Å². The van der Waals surface area contributed by atoms with Gasteiger partial charge in [0.2, 0.25) is 0 Å². The number of thiophene rings is 1. The van der Waals surface area contributed by atoms with Crippen molar-refractivity contribution in [2.75, 3.05) is 30.9 Å². The molecule has 3 heterocycles. The van der Waals surface area contributed by atoms with E-state index in [-0.39, 0.29) is 33.9 Å². The van der Waals surface area contributed by atoms with Crippen LogP contribution in [0.5, 0.6) is 0 Å². The molecule has 1 unspecified atom stereocenters. The van der Waals surface area contributed by atoms with Crippen molar-refractivity contribution in [3.8, 4) is 0 Å². The molecule has 2 amide bonds. The van der Waals surface area contributed by atoms with Gasteiger partial charge in [0.15, 0.2) is 15.5 Å². The van der Waals surface area contributed by atoms with Gasteiger partial charge in [-0.1, -0.05) is 4.49 Å². The lowest BCUT2D eigenvalue weighted by Crippen LogP contribution is -2.33. The summed E-state index contributed by atoms with van der Waals surface area (Å²) in [5, 5.41) is 5.07. The fraction of sp³-hybridized carbons (Fsp3) is 0.429. The summed E-state index contributed by atoms with van der Waals surface area (Å²) in [6.45, 7) is 0.541. The number of aromatic nitrogens is 2. The molecule has 9 nitrogen and oxygen atoms in total. The zero-order chi connectivity index (χ0) is 19.7. The van der Waals surface area contributed by atoms with Gasteiger partial charge in [0, 0.05) is 36.2 Å². The molecule has 1 fully saturated rings. The average molecular weight is 449 g/mol.